The summed E-state index contributed by atoms with van der Waals surface area (Å²) in [7, 11) is 1.43. The Hall–Kier alpha value is -1.55. The van der Waals surface area contributed by atoms with E-state index >= 15 is 0 Å². The Bertz CT molecular complexity index is 283. The summed E-state index contributed by atoms with van der Waals surface area (Å²) in [4.78, 5) is 10.2. The van der Waals surface area contributed by atoms with Gasteiger partial charge in [-0.1, -0.05) is 0 Å². The highest BCUT2D eigenvalue weighted by atomic mass is 16.5. The van der Waals surface area contributed by atoms with Gasteiger partial charge >= 0.3 is 0 Å². The lowest BCUT2D eigenvalue weighted by molar-refractivity contribution is 0.112. The number of hydrogen-bond acceptors (Lipinski definition) is 4. The molecule has 0 aliphatic rings. The van der Waals surface area contributed by atoms with Gasteiger partial charge in [0.1, 0.15) is 6.29 Å². The maximum Gasteiger partial charge on any atom is 0.161 e. The molecule has 0 aromatic heterocycles. The Balaban J connectivity index is 0.000000500. The van der Waals surface area contributed by atoms with Crippen LogP contribution in [0.3, 0.4) is 0 Å². The molecule has 4 heteroatoms. The third-order valence-electron chi connectivity index (χ3n) is 1.34. The molecule has 1 aromatic rings. The van der Waals surface area contributed by atoms with Crippen molar-refractivity contribution in [3.8, 4) is 11.5 Å². The summed E-state index contributed by atoms with van der Waals surface area (Å²) < 4.78 is 4.78. The molecule has 4 nitrogen and oxygen atoms in total. The summed E-state index contributed by atoms with van der Waals surface area (Å²) in [5.74, 6) is 0.354. The van der Waals surface area contributed by atoms with E-state index in [0.717, 1.165) is 0 Å². The second-order valence-electron chi connectivity index (χ2n) is 2.37. The summed E-state index contributed by atoms with van der Waals surface area (Å²) >= 11 is 0. The molecule has 0 heterocycles. The van der Waals surface area contributed by atoms with Crippen LogP contribution in [-0.2, 0) is 0 Å². The zero-order chi connectivity index (χ0) is 11.0. The average molecular weight is 198 g/mol. The number of benzene rings is 1. The highest BCUT2D eigenvalue weighted by Gasteiger charge is 2.00. The van der Waals surface area contributed by atoms with Gasteiger partial charge in [-0.05, 0) is 25.1 Å². The number of carbonyl (C=O) groups excluding carboxylic acids is 1. The maximum absolute atomic E-state index is 10.2. The number of ether oxygens (including phenoxy) is 1. The fourth-order valence-corrected chi connectivity index (χ4v) is 0.768. The van der Waals surface area contributed by atoms with E-state index in [9.17, 15) is 4.79 Å². The van der Waals surface area contributed by atoms with Crippen LogP contribution in [0, 0.1) is 0 Å². The largest absolute Gasteiger partial charge is 0.504 e. The fourth-order valence-electron chi connectivity index (χ4n) is 0.768. The molecule has 0 amide bonds. The van der Waals surface area contributed by atoms with Crippen molar-refractivity contribution in [1.82, 2.24) is 0 Å². The summed E-state index contributed by atoms with van der Waals surface area (Å²) in [5.41, 5.74) is 0.486. The number of aromatic hydroxyl groups is 1. The van der Waals surface area contributed by atoms with Gasteiger partial charge in [-0.2, -0.15) is 0 Å². The van der Waals surface area contributed by atoms with Gasteiger partial charge in [0.25, 0.3) is 0 Å². The molecule has 0 radical (unpaired) electrons. The number of aliphatic hydroxyl groups is 1. The van der Waals surface area contributed by atoms with Gasteiger partial charge in [0.05, 0.1) is 7.11 Å². The molecule has 1 aromatic carbocycles. The molecule has 0 saturated carbocycles. The molecule has 78 valence electrons. The first-order valence-electron chi connectivity index (χ1n) is 4.12. The van der Waals surface area contributed by atoms with Crippen molar-refractivity contribution in [2.24, 2.45) is 0 Å². The molecule has 0 saturated heterocycles. The van der Waals surface area contributed by atoms with E-state index in [4.69, 9.17) is 14.9 Å². The van der Waals surface area contributed by atoms with Crippen molar-refractivity contribution >= 4 is 6.29 Å². The number of aliphatic hydroxyl groups excluding tert-OH is 1. The van der Waals surface area contributed by atoms with Gasteiger partial charge in [0, 0.05) is 12.2 Å². The Morgan fingerprint density at radius 1 is 1.50 bits per heavy atom. The number of methoxy groups -OCH3 is 1. The predicted molar refractivity (Wildman–Crippen MR) is 52.8 cm³/mol. The number of phenols is 1. The normalized spacial score (nSPS) is 8.50. The highest BCUT2D eigenvalue weighted by molar-refractivity contribution is 5.76. The van der Waals surface area contributed by atoms with E-state index in [2.05, 4.69) is 0 Å². The Labute approximate surface area is 82.8 Å². The maximum atomic E-state index is 10.2. The van der Waals surface area contributed by atoms with Gasteiger partial charge in [-0.3, -0.25) is 4.79 Å². The molecular weight excluding hydrogens is 184 g/mol. The summed E-state index contributed by atoms with van der Waals surface area (Å²) in [5, 5.41) is 16.7. The van der Waals surface area contributed by atoms with Gasteiger partial charge in [-0.15, -0.1) is 0 Å². The molecule has 0 bridgehead atoms. The SMILES string of the molecule is CCO.COc1cc(C=O)ccc1O. The first kappa shape index (κ1) is 12.5. The first-order valence-corrected chi connectivity index (χ1v) is 4.12. The van der Waals surface area contributed by atoms with E-state index in [0.29, 0.717) is 17.6 Å². The molecule has 0 fully saturated rings. The van der Waals surface area contributed by atoms with Crippen LogP contribution in [0.2, 0.25) is 0 Å². The summed E-state index contributed by atoms with van der Waals surface area (Å²) in [6.45, 7) is 1.93. The van der Waals surface area contributed by atoms with Crippen molar-refractivity contribution < 1.29 is 19.7 Å². The van der Waals surface area contributed by atoms with E-state index < -0.39 is 0 Å². The van der Waals surface area contributed by atoms with Crippen LogP contribution in [0.5, 0.6) is 11.5 Å². The third-order valence-corrected chi connectivity index (χ3v) is 1.34. The first-order chi connectivity index (χ1) is 6.69. The van der Waals surface area contributed by atoms with Crippen LogP contribution in [0.4, 0.5) is 0 Å². The van der Waals surface area contributed by atoms with Crippen LogP contribution < -0.4 is 4.74 Å². The fraction of sp³-hybridized carbons (Fsp3) is 0.300. The molecule has 0 aliphatic heterocycles. The minimum atomic E-state index is 0.0399. The van der Waals surface area contributed by atoms with Gasteiger partial charge in [0.2, 0.25) is 0 Å². The van der Waals surface area contributed by atoms with E-state index in [1.165, 1.54) is 25.3 Å². The Morgan fingerprint density at radius 2 is 2.07 bits per heavy atom. The smallest absolute Gasteiger partial charge is 0.161 e. The average Bonchev–Trinajstić information content (AvgIpc) is 2.20. The standard InChI is InChI=1S/C8H8O3.C2H6O/c1-11-8-4-6(5-9)2-3-7(8)10;1-2-3/h2-5,10H,1H3;3H,2H2,1H3. The minimum absolute atomic E-state index is 0.0399. The van der Waals surface area contributed by atoms with Crippen molar-refractivity contribution in [2.45, 2.75) is 6.92 Å². The molecule has 0 aliphatic carbocycles. The van der Waals surface area contributed by atoms with Gasteiger partial charge < -0.3 is 14.9 Å². The van der Waals surface area contributed by atoms with E-state index in [1.807, 2.05) is 0 Å². The van der Waals surface area contributed by atoms with Crippen LogP contribution in [0.1, 0.15) is 17.3 Å². The molecule has 1 rings (SSSR count). The summed E-state index contributed by atoms with van der Waals surface area (Å²) in [6.07, 6.45) is 0.696. The Kier molecular flexibility index (Phi) is 6.15. The molecule has 14 heavy (non-hydrogen) atoms. The zero-order valence-electron chi connectivity index (χ0n) is 8.23. The highest BCUT2D eigenvalue weighted by Crippen LogP contribution is 2.25. The van der Waals surface area contributed by atoms with Gasteiger partial charge in [0.15, 0.2) is 11.5 Å². The van der Waals surface area contributed by atoms with Crippen molar-refractivity contribution in [2.75, 3.05) is 13.7 Å². The lowest BCUT2D eigenvalue weighted by Crippen LogP contribution is -1.85. The second-order valence-corrected chi connectivity index (χ2v) is 2.37. The number of aldehydes is 1. The molecule has 2 N–H and O–H groups in total. The quantitative estimate of drug-likeness (QED) is 0.701. The third kappa shape index (κ3) is 3.91. The lowest BCUT2D eigenvalue weighted by atomic mass is 10.2. The minimum Gasteiger partial charge on any atom is -0.504 e. The van der Waals surface area contributed by atoms with Crippen LogP contribution in [0.25, 0.3) is 0 Å². The van der Waals surface area contributed by atoms with Crippen molar-refractivity contribution in [1.29, 1.82) is 0 Å². The number of carbonyl (C=O) groups is 1. The van der Waals surface area contributed by atoms with E-state index in [1.54, 1.807) is 6.92 Å². The predicted octanol–water partition coefficient (Wildman–Crippen LogP) is 1.21. The number of hydrogen-bond donors (Lipinski definition) is 2. The van der Waals surface area contributed by atoms with Gasteiger partial charge in [-0.25, -0.2) is 0 Å². The van der Waals surface area contributed by atoms with Crippen molar-refractivity contribution in [3.05, 3.63) is 23.8 Å². The number of phenolic OH excluding ortho intramolecular Hbond substituents is 1. The van der Waals surface area contributed by atoms with E-state index in [-0.39, 0.29) is 12.4 Å². The zero-order valence-corrected chi connectivity index (χ0v) is 8.23. The van der Waals surface area contributed by atoms with Crippen LogP contribution in [-0.4, -0.2) is 30.2 Å². The lowest BCUT2D eigenvalue weighted by Gasteiger charge is -2.01. The topological polar surface area (TPSA) is 66.8 Å². The molecule has 0 spiro atoms. The summed E-state index contributed by atoms with van der Waals surface area (Å²) in [6, 6.07) is 4.41. The van der Waals surface area contributed by atoms with Crippen LogP contribution in [0.15, 0.2) is 18.2 Å². The number of rotatable bonds is 2. The molecule has 0 unspecified atom stereocenters. The van der Waals surface area contributed by atoms with Crippen LogP contribution >= 0.6 is 0 Å². The molecular formula is C10H14O4. The molecule has 0 atom stereocenters. The second kappa shape index (κ2) is 6.91. The van der Waals surface area contributed by atoms with Crippen molar-refractivity contribution in [3.63, 3.8) is 0 Å². The Morgan fingerprint density at radius 3 is 2.50 bits per heavy atom. The monoisotopic (exact) mass is 198 g/mol.